The fourth-order valence-electron chi connectivity index (χ4n) is 3.21. The molecule has 3 aromatic rings. The van der Waals surface area contributed by atoms with Gasteiger partial charge in [0.2, 0.25) is 0 Å². The van der Waals surface area contributed by atoms with E-state index in [-0.39, 0.29) is 11.7 Å². The minimum absolute atomic E-state index is 0.0573. The highest BCUT2D eigenvalue weighted by Gasteiger charge is 2.15. The van der Waals surface area contributed by atoms with Crippen LogP contribution in [0.3, 0.4) is 0 Å². The molecule has 6 heteroatoms. The normalized spacial score (nSPS) is 11.3. The van der Waals surface area contributed by atoms with Gasteiger partial charge in [0.25, 0.3) is 5.91 Å². The van der Waals surface area contributed by atoms with Gasteiger partial charge in [-0.25, -0.2) is 0 Å². The molecule has 3 aromatic carbocycles. The van der Waals surface area contributed by atoms with Crippen molar-refractivity contribution in [2.45, 2.75) is 19.4 Å². The van der Waals surface area contributed by atoms with Gasteiger partial charge in [-0.3, -0.25) is 9.59 Å². The van der Waals surface area contributed by atoms with Crippen LogP contribution in [0.1, 0.15) is 28.4 Å². The highest BCUT2D eigenvalue weighted by molar-refractivity contribution is 6.09. The number of methoxy groups -OCH3 is 2. The molecule has 0 radical (unpaired) electrons. The molecule has 1 atom stereocenters. The molecular weight excluding hydrogens is 406 g/mol. The average Bonchev–Trinajstić information content (AvgIpc) is 2.84. The third-order valence-electron chi connectivity index (χ3n) is 5.00. The number of nitrogens with one attached hydrogen (secondary N) is 1. The molecule has 0 fully saturated rings. The van der Waals surface area contributed by atoms with Crippen LogP contribution in [0.15, 0.2) is 72.8 Å². The van der Waals surface area contributed by atoms with E-state index < -0.39 is 6.10 Å². The molecular formula is C26H27NO5. The Morgan fingerprint density at radius 1 is 0.844 bits per heavy atom. The van der Waals surface area contributed by atoms with Crippen molar-refractivity contribution < 1.29 is 23.8 Å². The van der Waals surface area contributed by atoms with Crippen molar-refractivity contribution in [2.75, 3.05) is 20.8 Å². The number of ether oxygens (including phenoxy) is 3. The monoisotopic (exact) mass is 433 g/mol. The first-order chi connectivity index (χ1) is 15.5. The molecule has 0 saturated heterocycles. The maximum Gasteiger partial charge on any atom is 0.260 e. The number of hydrogen-bond acceptors (Lipinski definition) is 5. The third kappa shape index (κ3) is 5.88. The van der Waals surface area contributed by atoms with Crippen molar-refractivity contribution in [1.29, 1.82) is 0 Å². The molecule has 0 unspecified atom stereocenters. The first-order valence-electron chi connectivity index (χ1n) is 10.4. The van der Waals surface area contributed by atoms with E-state index in [2.05, 4.69) is 5.32 Å². The van der Waals surface area contributed by atoms with Crippen LogP contribution >= 0.6 is 0 Å². The second-order valence-electron chi connectivity index (χ2n) is 7.21. The fourth-order valence-corrected chi connectivity index (χ4v) is 3.21. The summed E-state index contributed by atoms with van der Waals surface area (Å²) in [6.45, 7) is 2.15. The largest absolute Gasteiger partial charge is 0.493 e. The van der Waals surface area contributed by atoms with E-state index in [9.17, 15) is 9.59 Å². The van der Waals surface area contributed by atoms with E-state index in [1.807, 2.05) is 36.4 Å². The Labute approximate surface area is 188 Å². The Morgan fingerprint density at radius 3 is 2.16 bits per heavy atom. The van der Waals surface area contributed by atoms with E-state index in [4.69, 9.17) is 14.2 Å². The highest BCUT2D eigenvalue weighted by Crippen LogP contribution is 2.27. The Morgan fingerprint density at radius 2 is 1.50 bits per heavy atom. The van der Waals surface area contributed by atoms with Gasteiger partial charge in [-0.2, -0.15) is 0 Å². The van der Waals surface area contributed by atoms with Gasteiger partial charge < -0.3 is 19.5 Å². The lowest BCUT2D eigenvalue weighted by atomic mass is 10.0. The van der Waals surface area contributed by atoms with Crippen LogP contribution in [0.4, 0.5) is 0 Å². The van der Waals surface area contributed by atoms with Gasteiger partial charge in [0.05, 0.1) is 14.2 Å². The van der Waals surface area contributed by atoms with Crippen LogP contribution in [0, 0.1) is 0 Å². The average molecular weight is 434 g/mol. The van der Waals surface area contributed by atoms with Crippen LogP contribution < -0.4 is 19.5 Å². The van der Waals surface area contributed by atoms with Crippen molar-refractivity contribution >= 4 is 11.7 Å². The van der Waals surface area contributed by atoms with Gasteiger partial charge in [0.15, 0.2) is 23.4 Å². The minimum Gasteiger partial charge on any atom is -0.493 e. The van der Waals surface area contributed by atoms with E-state index in [1.54, 1.807) is 57.5 Å². The summed E-state index contributed by atoms with van der Waals surface area (Å²) in [5.74, 6) is 1.58. The van der Waals surface area contributed by atoms with Gasteiger partial charge >= 0.3 is 0 Å². The molecule has 3 rings (SSSR count). The number of ketones is 1. The molecule has 166 valence electrons. The Hall–Kier alpha value is -3.80. The minimum atomic E-state index is -0.670. The SMILES string of the molecule is COc1ccc(CCNC(=O)[C@@H](C)Oc2ccc(C(=O)c3ccccc3)cc2)cc1OC. The number of hydrogen-bond donors (Lipinski definition) is 1. The van der Waals surface area contributed by atoms with Crippen molar-refractivity contribution in [3.05, 3.63) is 89.5 Å². The molecule has 0 spiro atoms. The number of carbonyl (C=O) groups excluding carboxylic acids is 2. The van der Waals surface area contributed by atoms with Gasteiger partial charge in [-0.1, -0.05) is 36.4 Å². The van der Waals surface area contributed by atoms with Crippen LogP contribution in [-0.2, 0) is 11.2 Å². The molecule has 0 heterocycles. The molecule has 32 heavy (non-hydrogen) atoms. The zero-order valence-electron chi connectivity index (χ0n) is 18.5. The smallest absolute Gasteiger partial charge is 0.260 e. The lowest BCUT2D eigenvalue weighted by Crippen LogP contribution is -2.37. The second kappa shape index (κ2) is 11.0. The summed E-state index contributed by atoms with van der Waals surface area (Å²) in [6.07, 6.45) is -0.0224. The van der Waals surface area contributed by atoms with E-state index in [1.165, 1.54) is 0 Å². The standard InChI is InChI=1S/C26H27NO5/c1-18(26(29)27-16-15-19-9-14-23(30-2)24(17-19)31-3)32-22-12-10-21(11-13-22)25(28)20-7-5-4-6-8-20/h4-14,17-18H,15-16H2,1-3H3,(H,27,29)/t18-/m1/s1. The van der Waals surface area contributed by atoms with E-state index in [0.717, 1.165) is 5.56 Å². The molecule has 1 amide bonds. The number of rotatable bonds is 10. The van der Waals surface area contributed by atoms with Crippen LogP contribution in [0.5, 0.6) is 17.2 Å². The van der Waals surface area contributed by atoms with Gasteiger partial charge in [0.1, 0.15) is 5.75 Å². The first-order valence-corrected chi connectivity index (χ1v) is 10.4. The Balaban J connectivity index is 1.49. The summed E-state index contributed by atoms with van der Waals surface area (Å²) in [6, 6.07) is 21.6. The predicted molar refractivity (Wildman–Crippen MR) is 123 cm³/mol. The quantitative estimate of drug-likeness (QED) is 0.488. The van der Waals surface area contributed by atoms with Crippen molar-refractivity contribution in [3.63, 3.8) is 0 Å². The lowest BCUT2D eigenvalue weighted by molar-refractivity contribution is -0.127. The maximum atomic E-state index is 12.5. The molecule has 0 bridgehead atoms. The van der Waals surface area contributed by atoms with Crippen LogP contribution in [-0.4, -0.2) is 38.6 Å². The zero-order valence-corrected chi connectivity index (χ0v) is 18.5. The van der Waals surface area contributed by atoms with Gasteiger partial charge in [-0.15, -0.1) is 0 Å². The molecule has 1 N–H and O–H groups in total. The highest BCUT2D eigenvalue weighted by atomic mass is 16.5. The van der Waals surface area contributed by atoms with Crippen LogP contribution in [0.25, 0.3) is 0 Å². The van der Waals surface area contributed by atoms with Gasteiger partial charge in [0, 0.05) is 17.7 Å². The Kier molecular flexibility index (Phi) is 7.86. The zero-order chi connectivity index (χ0) is 22.9. The molecule has 0 aliphatic carbocycles. The molecule has 0 saturated carbocycles. The van der Waals surface area contributed by atoms with Crippen molar-refractivity contribution in [2.24, 2.45) is 0 Å². The maximum absolute atomic E-state index is 12.5. The van der Waals surface area contributed by atoms with Crippen molar-refractivity contribution in [1.82, 2.24) is 5.32 Å². The summed E-state index contributed by atoms with van der Waals surface area (Å²) in [5.41, 5.74) is 2.22. The fraction of sp³-hybridized carbons (Fsp3) is 0.231. The van der Waals surface area contributed by atoms with E-state index >= 15 is 0 Å². The molecule has 0 aromatic heterocycles. The summed E-state index contributed by atoms with van der Waals surface area (Å²) >= 11 is 0. The molecule has 0 aliphatic rings. The number of carbonyl (C=O) groups is 2. The topological polar surface area (TPSA) is 73.9 Å². The van der Waals surface area contributed by atoms with Gasteiger partial charge in [-0.05, 0) is 55.3 Å². The summed E-state index contributed by atoms with van der Waals surface area (Å²) in [4.78, 5) is 24.9. The predicted octanol–water partition coefficient (Wildman–Crippen LogP) is 4.06. The van der Waals surface area contributed by atoms with Crippen molar-refractivity contribution in [3.8, 4) is 17.2 Å². The lowest BCUT2D eigenvalue weighted by Gasteiger charge is -2.15. The molecule has 6 nitrogen and oxygen atoms in total. The summed E-state index contributed by atoms with van der Waals surface area (Å²) in [7, 11) is 3.18. The summed E-state index contributed by atoms with van der Waals surface area (Å²) < 4.78 is 16.3. The number of amides is 1. The van der Waals surface area contributed by atoms with Crippen LogP contribution in [0.2, 0.25) is 0 Å². The Bertz CT molecular complexity index is 1050. The number of benzene rings is 3. The second-order valence-corrected chi connectivity index (χ2v) is 7.21. The van der Waals surface area contributed by atoms with E-state index in [0.29, 0.717) is 41.3 Å². The third-order valence-corrected chi connectivity index (χ3v) is 5.00. The summed E-state index contributed by atoms with van der Waals surface area (Å²) in [5, 5.41) is 2.88. The molecule has 0 aliphatic heterocycles. The first kappa shape index (κ1) is 22.9.